The summed E-state index contributed by atoms with van der Waals surface area (Å²) in [5, 5.41) is 8.32. The molecule has 0 aromatic heterocycles. The van der Waals surface area contributed by atoms with E-state index in [1.807, 2.05) is 0 Å². The first-order valence-corrected chi connectivity index (χ1v) is 3.86. The van der Waals surface area contributed by atoms with Crippen LogP contribution in [-0.4, -0.2) is 34.3 Å². The van der Waals surface area contributed by atoms with Crippen LogP contribution in [0.3, 0.4) is 0 Å². The molecule has 1 rings (SSSR count). The number of hydrogen-bond donors (Lipinski definition) is 1. The summed E-state index contributed by atoms with van der Waals surface area (Å²) in [5.74, 6) is -1.65. The van der Waals surface area contributed by atoms with Gasteiger partial charge in [-0.2, -0.15) is 0 Å². The molecule has 0 aromatic carbocycles. The van der Waals surface area contributed by atoms with Crippen LogP contribution in [0.1, 0.15) is 12.8 Å². The minimum Gasteiger partial charge on any atom is -0.481 e. The van der Waals surface area contributed by atoms with E-state index in [0.717, 1.165) is 4.90 Å². The van der Waals surface area contributed by atoms with E-state index in [9.17, 15) is 14.4 Å². The van der Waals surface area contributed by atoms with Crippen molar-refractivity contribution in [2.75, 3.05) is 6.54 Å². The van der Waals surface area contributed by atoms with Gasteiger partial charge in [0.15, 0.2) is 0 Å². The normalized spacial score (nSPS) is 13.5. The van der Waals surface area contributed by atoms with Crippen molar-refractivity contribution in [3.05, 3.63) is 12.2 Å². The van der Waals surface area contributed by atoms with Gasteiger partial charge in [-0.15, -0.1) is 0 Å². The van der Waals surface area contributed by atoms with Crippen molar-refractivity contribution in [2.24, 2.45) is 0 Å². The first-order valence-electron chi connectivity index (χ1n) is 3.86. The van der Waals surface area contributed by atoms with Gasteiger partial charge in [-0.1, -0.05) is 0 Å². The van der Waals surface area contributed by atoms with E-state index in [0.29, 0.717) is 6.42 Å². The molecule has 0 radical (unpaired) electrons. The Morgan fingerprint density at radius 3 is 2.07 bits per heavy atom. The standard InChI is InChI=1S/C8H9NO4.2Na/c10-6-3-4-7(11)9(6)5-1-2-8(12)13;;/h3-4H,1-2,5H2,(H,12,13);;/q;2*+1. The van der Waals surface area contributed by atoms with Crippen molar-refractivity contribution < 1.29 is 78.6 Å². The minimum absolute atomic E-state index is 0. The first-order chi connectivity index (χ1) is 6.11. The van der Waals surface area contributed by atoms with Gasteiger partial charge >= 0.3 is 65.1 Å². The number of carbonyl (C=O) groups is 3. The van der Waals surface area contributed by atoms with Crippen LogP contribution < -0.4 is 59.1 Å². The van der Waals surface area contributed by atoms with Crippen molar-refractivity contribution in [1.82, 2.24) is 4.90 Å². The number of amides is 2. The molecule has 70 valence electrons. The molecule has 1 N–H and O–H groups in total. The molecule has 5 nitrogen and oxygen atoms in total. The van der Waals surface area contributed by atoms with Crippen molar-refractivity contribution in [3.63, 3.8) is 0 Å². The molecule has 0 unspecified atom stereocenters. The Labute approximate surface area is 131 Å². The molecule has 0 spiro atoms. The predicted octanol–water partition coefficient (Wildman–Crippen LogP) is -6.22. The van der Waals surface area contributed by atoms with Gasteiger partial charge in [0.2, 0.25) is 0 Å². The van der Waals surface area contributed by atoms with Crippen LogP contribution in [-0.2, 0) is 14.4 Å². The third-order valence-corrected chi connectivity index (χ3v) is 1.67. The number of carboxylic acids is 1. The zero-order valence-electron chi connectivity index (χ0n) is 8.90. The Kier molecular flexibility index (Phi) is 10.0. The van der Waals surface area contributed by atoms with Crippen LogP contribution in [0.4, 0.5) is 0 Å². The topological polar surface area (TPSA) is 74.7 Å². The van der Waals surface area contributed by atoms with Crippen molar-refractivity contribution >= 4 is 17.8 Å². The Bertz CT molecular complexity index is 272. The third kappa shape index (κ3) is 5.85. The molecule has 2 amide bonds. The largest absolute Gasteiger partial charge is 1.00 e. The summed E-state index contributed by atoms with van der Waals surface area (Å²) >= 11 is 0. The summed E-state index contributed by atoms with van der Waals surface area (Å²) in [6, 6.07) is 0. The van der Waals surface area contributed by atoms with E-state index >= 15 is 0 Å². The smallest absolute Gasteiger partial charge is 0.481 e. The molecule has 0 bridgehead atoms. The monoisotopic (exact) mass is 229 g/mol. The number of nitrogens with zero attached hydrogens (tertiary/aromatic N) is 1. The van der Waals surface area contributed by atoms with Crippen molar-refractivity contribution in [1.29, 1.82) is 0 Å². The first kappa shape index (κ1) is 17.7. The zero-order valence-corrected chi connectivity index (χ0v) is 12.9. The maximum atomic E-state index is 10.9. The fourth-order valence-corrected chi connectivity index (χ4v) is 1.04. The maximum Gasteiger partial charge on any atom is 1.00 e. The second kappa shape index (κ2) is 8.50. The molecular weight excluding hydrogens is 220 g/mol. The third-order valence-electron chi connectivity index (χ3n) is 1.67. The van der Waals surface area contributed by atoms with Gasteiger partial charge in [0.25, 0.3) is 11.8 Å². The zero-order chi connectivity index (χ0) is 9.84. The van der Waals surface area contributed by atoms with E-state index in [1.54, 1.807) is 0 Å². The molecule has 0 saturated carbocycles. The predicted molar refractivity (Wildman–Crippen MR) is 42.7 cm³/mol. The van der Waals surface area contributed by atoms with Gasteiger partial charge < -0.3 is 5.11 Å². The van der Waals surface area contributed by atoms with E-state index in [4.69, 9.17) is 5.11 Å². The average molecular weight is 229 g/mol. The van der Waals surface area contributed by atoms with E-state index < -0.39 is 5.97 Å². The second-order valence-corrected chi connectivity index (χ2v) is 2.66. The van der Waals surface area contributed by atoms with Crippen molar-refractivity contribution in [2.45, 2.75) is 12.8 Å². The summed E-state index contributed by atoms with van der Waals surface area (Å²) in [7, 11) is 0. The number of rotatable bonds is 4. The fraction of sp³-hybridized carbons (Fsp3) is 0.375. The van der Waals surface area contributed by atoms with Crippen molar-refractivity contribution in [3.8, 4) is 0 Å². The van der Waals surface area contributed by atoms with E-state index in [2.05, 4.69) is 0 Å². The fourth-order valence-electron chi connectivity index (χ4n) is 1.04. The van der Waals surface area contributed by atoms with Crippen LogP contribution in [0, 0.1) is 0 Å². The maximum absolute atomic E-state index is 10.9. The van der Waals surface area contributed by atoms with Crippen LogP contribution in [0.25, 0.3) is 0 Å². The summed E-state index contributed by atoms with van der Waals surface area (Å²) in [5.41, 5.74) is 0. The summed E-state index contributed by atoms with van der Waals surface area (Å²) < 4.78 is 0. The number of aliphatic carboxylic acids is 1. The number of imide groups is 1. The van der Waals surface area contributed by atoms with Crippen LogP contribution in [0.2, 0.25) is 0 Å². The van der Waals surface area contributed by atoms with Gasteiger partial charge in [-0.3, -0.25) is 19.3 Å². The Morgan fingerprint density at radius 2 is 1.67 bits per heavy atom. The summed E-state index contributed by atoms with van der Waals surface area (Å²) in [6.07, 6.45) is 2.64. The molecule has 0 atom stereocenters. The average Bonchev–Trinajstić information content (AvgIpc) is 2.34. The summed E-state index contributed by atoms with van der Waals surface area (Å²) in [4.78, 5) is 33.0. The van der Waals surface area contributed by atoms with Crippen LogP contribution in [0.5, 0.6) is 0 Å². The molecule has 0 aromatic rings. The Morgan fingerprint density at radius 1 is 1.20 bits per heavy atom. The van der Waals surface area contributed by atoms with Gasteiger partial charge in [-0.25, -0.2) is 0 Å². The van der Waals surface area contributed by atoms with Gasteiger partial charge in [0.05, 0.1) is 0 Å². The molecule has 1 heterocycles. The number of carbonyl (C=O) groups excluding carboxylic acids is 2. The molecule has 15 heavy (non-hydrogen) atoms. The Hall–Kier alpha value is 0.350. The quantitative estimate of drug-likeness (QED) is 0.384. The Balaban J connectivity index is 0. The molecule has 1 aliphatic heterocycles. The molecule has 0 fully saturated rings. The molecule has 1 aliphatic rings. The van der Waals surface area contributed by atoms with E-state index in [-0.39, 0.29) is 83.9 Å². The van der Waals surface area contributed by atoms with Crippen LogP contribution in [0.15, 0.2) is 12.2 Å². The molecule has 0 saturated heterocycles. The SMILES string of the molecule is O=C(O)CCCN1C(=O)C=CC1=O.[Na+].[Na+]. The summed E-state index contributed by atoms with van der Waals surface area (Å²) in [6.45, 7) is 0.178. The van der Waals surface area contributed by atoms with Gasteiger partial charge in [0.1, 0.15) is 0 Å². The van der Waals surface area contributed by atoms with Gasteiger partial charge in [0, 0.05) is 25.1 Å². The van der Waals surface area contributed by atoms with E-state index in [1.165, 1.54) is 12.2 Å². The number of carboxylic acid groups (broad SMARTS) is 1. The number of hydrogen-bond acceptors (Lipinski definition) is 3. The van der Waals surface area contributed by atoms with Crippen LogP contribution >= 0.6 is 0 Å². The molecular formula is C8H9NNa2O4+2. The molecule has 0 aliphatic carbocycles. The van der Waals surface area contributed by atoms with Gasteiger partial charge in [-0.05, 0) is 6.42 Å². The molecule has 7 heteroatoms. The second-order valence-electron chi connectivity index (χ2n) is 2.66. The minimum atomic E-state index is -0.924.